The lowest BCUT2D eigenvalue weighted by Gasteiger charge is -2.38. The number of halogens is 3. The molecule has 7 heteroatoms. The second-order valence-corrected chi connectivity index (χ2v) is 8.12. The second kappa shape index (κ2) is 4.09. The molecule has 1 heterocycles. The van der Waals surface area contributed by atoms with Gasteiger partial charge in [-0.15, -0.1) is 0 Å². The van der Waals surface area contributed by atoms with Crippen LogP contribution in [0.15, 0.2) is 0 Å². The number of methoxy groups -OCH3 is 1. The van der Waals surface area contributed by atoms with Crippen molar-refractivity contribution in [1.82, 2.24) is 0 Å². The van der Waals surface area contributed by atoms with Gasteiger partial charge < -0.3 is 9.47 Å². The minimum atomic E-state index is -1.03. The summed E-state index contributed by atoms with van der Waals surface area (Å²) >= 11 is 9.55. The third-order valence-electron chi connectivity index (χ3n) is 1.68. The highest BCUT2D eigenvalue weighted by molar-refractivity contribution is 9.26. The average Bonchev–Trinajstić information content (AvgIpc) is 1.99. The molecule has 80 valence electrons. The fourth-order valence-corrected chi connectivity index (χ4v) is 3.87. The Morgan fingerprint density at radius 1 is 1.71 bits per heavy atom. The van der Waals surface area contributed by atoms with Crippen LogP contribution < -0.4 is 0 Å². The van der Waals surface area contributed by atoms with Crippen LogP contribution in [0.25, 0.3) is 0 Å². The van der Waals surface area contributed by atoms with Crippen LogP contribution in [0.5, 0.6) is 0 Å². The van der Waals surface area contributed by atoms with E-state index in [4.69, 9.17) is 4.74 Å². The Bertz CT molecular complexity index is 268. The van der Waals surface area contributed by atoms with Crippen molar-refractivity contribution in [1.29, 1.82) is 0 Å². The van der Waals surface area contributed by atoms with Gasteiger partial charge in [0.25, 0.3) is 0 Å². The third-order valence-corrected chi connectivity index (χ3v) is 3.61. The highest BCUT2D eigenvalue weighted by Gasteiger charge is 2.51. The first-order valence-corrected chi connectivity index (χ1v) is 6.04. The molecule has 0 aromatic heterocycles. The van der Waals surface area contributed by atoms with E-state index in [-0.39, 0.29) is 18.8 Å². The molecule has 1 rings (SSSR count). The van der Waals surface area contributed by atoms with Crippen molar-refractivity contribution < 1.29 is 19.1 Å². The molecule has 0 amide bonds. The number of hydrogen-bond donors (Lipinski definition) is 0. The molecule has 0 spiro atoms. The number of cyclic esters (lactones) is 1. The third kappa shape index (κ3) is 2.70. The standard InChI is InChI=1S/C7H7Br3O4/c1-13-5(12)7(9,10)3-6(8)2-4(11)14-6/h2-3H2,1H3. The first kappa shape index (κ1) is 12.4. The van der Waals surface area contributed by atoms with Gasteiger partial charge in [-0.1, -0.05) is 31.9 Å². The van der Waals surface area contributed by atoms with Crippen LogP contribution in [0.2, 0.25) is 0 Å². The minimum Gasteiger partial charge on any atom is -0.467 e. The molecule has 0 N–H and O–H groups in total. The van der Waals surface area contributed by atoms with Crippen molar-refractivity contribution >= 4 is 59.7 Å². The zero-order valence-corrected chi connectivity index (χ0v) is 11.9. The van der Waals surface area contributed by atoms with Crippen LogP contribution in [0.3, 0.4) is 0 Å². The Morgan fingerprint density at radius 3 is 2.57 bits per heavy atom. The largest absolute Gasteiger partial charge is 0.467 e. The first-order chi connectivity index (χ1) is 6.29. The maximum Gasteiger partial charge on any atom is 0.333 e. The van der Waals surface area contributed by atoms with Gasteiger partial charge in [0, 0.05) is 6.42 Å². The van der Waals surface area contributed by atoms with Crippen LogP contribution in [0.4, 0.5) is 0 Å². The Morgan fingerprint density at radius 2 is 2.21 bits per heavy atom. The zero-order valence-electron chi connectivity index (χ0n) is 7.18. The molecule has 1 saturated heterocycles. The summed E-state index contributed by atoms with van der Waals surface area (Å²) in [6.45, 7) is 0. The maximum atomic E-state index is 11.3. The number of carbonyl (C=O) groups excluding carboxylic acids is 2. The SMILES string of the molecule is COC(=O)C(Br)(Br)CC1(Br)CC(=O)O1. The highest BCUT2D eigenvalue weighted by atomic mass is 79.9. The molecule has 0 aromatic carbocycles. The van der Waals surface area contributed by atoms with Gasteiger partial charge in [-0.3, -0.25) is 4.79 Å². The minimum absolute atomic E-state index is 0.239. The van der Waals surface area contributed by atoms with Gasteiger partial charge >= 0.3 is 11.9 Å². The van der Waals surface area contributed by atoms with Crippen LogP contribution in [0, 0.1) is 0 Å². The summed E-state index contributed by atoms with van der Waals surface area (Å²) in [5, 5.41) is 0. The number of hydrogen-bond acceptors (Lipinski definition) is 4. The van der Waals surface area contributed by atoms with Crippen molar-refractivity contribution in [2.45, 2.75) is 20.6 Å². The normalized spacial score (nSPS) is 26.4. The van der Waals surface area contributed by atoms with Gasteiger partial charge in [-0.05, 0) is 15.9 Å². The van der Waals surface area contributed by atoms with Gasteiger partial charge in [0.05, 0.1) is 13.5 Å². The van der Waals surface area contributed by atoms with Crippen LogP contribution in [-0.4, -0.2) is 26.8 Å². The summed E-state index contributed by atoms with van der Waals surface area (Å²) in [5.41, 5.74) is 0. The predicted molar refractivity (Wildman–Crippen MR) is 59.6 cm³/mol. The van der Waals surface area contributed by atoms with Gasteiger partial charge in [0.1, 0.15) is 0 Å². The average molecular weight is 395 g/mol. The number of carbonyl (C=O) groups is 2. The van der Waals surface area contributed by atoms with Gasteiger partial charge in [-0.25, -0.2) is 4.79 Å². The molecule has 4 nitrogen and oxygen atoms in total. The Kier molecular flexibility index (Phi) is 3.64. The summed E-state index contributed by atoms with van der Waals surface area (Å²) in [4.78, 5) is 21.9. The van der Waals surface area contributed by atoms with E-state index in [1.165, 1.54) is 7.11 Å². The monoisotopic (exact) mass is 392 g/mol. The molecular weight excluding hydrogens is 388 g/mol. The molecule has 1 aliphatic rings. The summed E-state index contributed by atoms with van der Waals surface area (Å²) in [6, 6.07) is 0. The smallest absolute Gasteiger partial charge is 0.333 e. The van der Waals surface area contributed by atoms with Crippen LogP contribution >= 0.6 is 47.8 Å². The molecule has 0 aliphatic carbocycles. The summed E-state index contributed by atoms with van der Waals surface area (Å²) in [6.07, 6.45) is 0.487. The first-order valence-electron chi connectivity index (χ1n) is 3.66. The van der Waals surface area contributed by atoms with Crippen molar-refractivity contribution in [3.63, 3.8) is 0 Å². The molecule has 0 saturated carbocycles. The van der Waals surface area contributed by atoms with Crippen LogP contribution in [-0.2, 0) is 19.1 Å². The predicted octanol–water partition coefficient (Wildman–Crippen LogP) is 2.07. The molecule has 0 aromatic rings. The second-order valence-electron chi connectivity index (χ2n) is 2.91. The quantitative estimate of drug-likeness (QED) is 0.543. The lowest BCUT2D eigenvalue weighted by atomic mass is 10.1. The van der Waals surface area contributed by atoms with Crippen molar-refractivity contribution in [2.75, 3.05) is 7.11 Å². The molecule has 0 bridgehead atoms. The van der Waals surface area contributed by atoms with E-state index in [0.29, 0.717) is 0 Å². The van der Waals surface area contributed by atoms with Crippen molar-refractivity contribution in [3.8, 4) is 0 Å². The highest BCUT2D eigenvalue weighted by Crippen LogP contribution is 2.46. The van der Waals surface area contributed by atoms with E-state index in [9.17, 15) is 9.59 Å². The van der Waals surface area contributed by atoms with E-state index in [1.54, 1.807) is 0 Å². The summed E-state index contributed by atoms with van der Waals surface area (Å²) in [5.74, 6) is -0.762. The van der Waals surface area contributed by atoms with E-state index in [1.807, 2.05) is 0 Å². The molecule has 1 unspecified atom stereocenters. The molecule has 0 radical (unpaired) electrons. The van der Waals surface area contributed by atoms with E-state index in [2.05, 4.69) is 52.5 Å². The fraction of sp³-hybridized carbons (Fsp3) is 0.714. The summed E-state index contributed by atoms with van der Waals surface area (Å²) in [7, 11) is 1.29. The number of esters is 2. The number of ether oxygens (including phenoxy) is 2. The van der Waals surface area contributed by atoms with E-state index >= 15 is 0 Å². The van der Waals surface area contributed by atoms with Gasteiger partial charge in [0.15, 0.2) is 7.74 Å². The van der Waals surface area contributed by atoms with Gasteiger partial charge in [0.2, 0.25) is 0 Å². The maximum absolute atomic E-state index is 11.3. The fourth-order valence-electron chi connectivity index (χ4n) is 1.06. The Labute approximate surface area is 106 Å². The topological polar surface area (TPSA) is 52.6 Å². The summed E-state index contributed by atoms with van der Waals surface area (Å²) < 4.78 is 7.63. The van der Waals surface area contributed by atoms with E-state index in [0.717, 1.165) is 0 Å². The Balaban J connectivity index is 2.59. The van der Waals surface area contributed by atoms with E-state index < -0.39 is 13.7 Å². The van der Waals surface area contributed by atoms with Crippen molar-refractivity contribution in [2.24, 2.45) is 0 Å². The van der Waals surface area contributed by atoms with Gasteiger partial charge in [-0.2, -0.15) is 0 Å². The molecule has 14 heavy (non-hydrogen) atoms. The number of rotatable bonds is 3. The lowest BCUT2D eigenvalue weighted by molar-refractivity contribution is -0.175. The lowest BCUT2D eigenvalue weighted by Crippen LogP contribution is -2.47. The number of alkyl halides is 3. The van der Waals surface area contributed by atoms with Crippen LogP contribution in [0.1, 0.15) is 12.8 Å². The van der Waals surface area contributed by atoms with Crippen molar-refractivity contribution in [3.05, 3.63) is 0 Å². The molecule has 1 fully saturated rings. The zero-order chi connectivity index (χ0) is 11.0. The molecular formula is C7H7Br3O4. The Hall–Kier alpha value is 0.380. The molecule has 1 atom stereocenters. The molecule has 1 aliphatic heterocycles.